The van der Waals surface area contributed by atoms with Crippen molar-refractivity contribution in [3.05, 3.63) is 64.4 Å². The molecule has 0 saturated heterocycles. The summed E-state index contributed by atoms with van der Waals surface area (Å²) in [4.78, 5) is 13.5. The lowest BCUT2D eigenvalue weighted by Crippen LogP contribution is -2.31. The highest BCUT2D eigenvalue weighted by Gasteiger charge is 2.34. The second-order valence-electron chi connectivity index (χ2n) is 7.56. The molecule has 0 saturated carbocycles. The Kier molecular flexibility index (Phi) is 5.81. The van der Waals surface area contributed by atoms with Gasteiger partial charge in [0.2, 0.25) is 5.95 Å². The molecule has 2 heterocycles. The van der Waals surface area contributed by atoms with E-state index in [9.17, 15) is 4.79 Å². The minimum atomic E-state index is -0.545. The molecule has 2 aromatic carbocycles. The van der Waals surface area contributed by atoms with Gasteiger partial charge in [-0.25, -0.2) is 0 Å². The summed E-state index contributed by atoms with van der Waals surface area (Å²) in [5, 5.41) is 18.2. The molecule has 0 aliphatic carbocycles. The molecule has 166 valence electrons. The van der Waals surface area contributed by atoms with Gasteiger partial charge in [-0.3, -0.25) is 4.79 Å². The number of ether oxygens (including phenoxy) is 2. The Labute approximate surface area is 186 Å². The number of aromatic nitrogens is 4. The number of nitrogens with zero attached hydrogens (tertiary/aromatic N) is 4. The lowest BCUT2D eigenvalue weighted by atomic mass is 9.94. The standard InChI is InChI=1S/C23H26N6O3/c1-6-32-18-11-10-16(12-19(18)31-5)21-20(15(4)24-23-26-27-28-29(21)23)22(30)25-17-9-7-8-13(2)14(17)3/h7-12,21H,6H2,1-5H3,(H,25,30)(H,24,26,28). The maximum atomic E-state index is 13.5. The van der Waals surface area contributed by atoms with E-state index in [1.807, 2.05) is 64.1 Å². The summed E-state index contributed by atoms with van der Waals surface area (Å²) < 4.78 is 12.8. The van der Waals surface area contributed by atoms with Crippen LogP contribution in [0.3, 0.4) is 0 Å². The van der Waals surface area contributed by atoms with Gasteiger partial charge in [0.15, 0.2) is 11.5 Å². The molecule has 2 N–H and O–H groups in total. The van der Waals surface area contributed by atoms with Gasteiger partial charge in [-0.15, -0.1) is 0 Å². The van der Waals surface area contributed by atoms with Crippen molar-refractivity contribution in [2.75, 3.05) is 24.4 Å². The number of anilines is 2. The summed E-state index contributed by atoms with van der Waals surface area (Å²) in [7, 11) is 1.59. The zero-order valence-electron chi connectivity index (χ0n) is 18.8. The molecule has 0 bridgehead atoms. The van der Waals surface area contributed by atoms with Crippen LogP contribution >= 0.6 is 0 Å². The van der Waals surface area contributed by atoms with E-state index in [4.69, 9.17) is 9.47 Å². The third-order valence-electron chi connectivity index (χ3n) is 5.61. The maximum Gasteiger partial charge on any atom is 0.255 e. The van der Waals surface area contributed by atoms with Crippen LogP contribution in [0.15, 0.2) is 47.7 Å². The Bertz CT molecular complexity index is 1200. The Balaban J connectivity index is 1.78. The average Bonchev–Trinajstić information content (AvgIpc) is 3.24. The molecular formula is C23H26N6O3. The molecular weight excluding hydrogens is 408 g/mol. The van der Waals surface area contributed by atoms with Crippen molar-refractivity contribution in [1.29, 1.82) is 0 Å². The fourth-order valence-electron chi connectivity index (χ4n) is 3.82. The highest BCUT2D eigenvalue weighted by atomic mass is 16.5. The van der Waals surface area contributed by atoms with Gasteiger partial charge in [0, 0.05) is 11.4 Å². The number of amides is 1. The van der Waals surface area contributed by atoms with E-state index in [2.05, 4.69) is 26.2 Å². The first-order valence-corrected chi connectivity index (χ1v) is 10.4. The van der Waals surface area contributed by atoms with Gasteiger partial charge in [-0.05, 0) is 73.0 Å². The van der Waals surface area contributed by atoms with Crippen LogP contribution in [0, 0.1) is 13.8 Å². The SMILES string of the molecule is CCOc1ccc(C2C(C(=O)Nc3cccc(C)c3C)=C(C)Nc3nnnn32)cc1OC. The van der Waals surface area contributed by atoms with Crippen molar-refractivity contribution < 1.29 is 14.3 Å². The van der Waals surface area contributed by atoms with Crippen LogP contribution in [-0.4, -0.2) is 39.8 Å². The Morgan fingerprint density at radius 2 is 2.00 bits per heavy atom. The summed E-state index contributed by atoms with van der Waals surface area (Å²) in [6.45, 7) is 8.27. The van der Waals surface area contributed by atoms with Gasteiger partial charge in [-0.1, -0.05) is 23.3 Å². The molecule has 0 radical (unpaired) electrons. The fraction of sp³-hybridized carbons (Fsp3) is 0.304. The largest absolute Gasteiger partial charge is 0.493 e. The molecule has 0 fully saturated rings. The van der Waals surface area contributed by atoms with E-state index in [0.717, 1.165) is 22.4 Å². The third-order valence-corrected chi connectivity index (χ3v) is 5.61. The number of allylic oxidation sites excluding steroid dienone is 1. The molecule has 1 amide bonds. The number of hydrogen-bond donors (Lipinski definition) is 2. The van der Waals surface area contributed by atoms with Crippen LogP contribution in [-0.2, 0) is 4.79 Å². The average molecular weight is 435 g/mol. The van der Waals surface area contributed by atoms with Gasteiger partial charge < -0.3 is 20.1 Å². The molecule has 0 spiro atoms. The number of tetrazole rings is 1. The van der Waals surface area contributed by atoms with Crippen LogP contribution < -0.4 is 20.1 Å². The molecule has 1 unspecified atom stereocenters. The number of benzene rings is 2. The summed E-state index contributed by atoms with van der Waals surface area (Å²) in [5.41, 5.74) is 4.87. The Morgan fingerprint density at radius 1 is 1.19 bits per heavy atom. The van der Waals surface area contributed by atoms with Gasteiger partial charge in [0.1, 0.15) is 6.04 Å². The summed E-state index contributed by atoms with van der Waals surface area (Å²) in [6.07, 6.45) is 0. The first-order valence-electron chi connectivity index (χ1n) is 10.4. The van der Waals surface area contributed by atoms with Gasteiger partial charge in [0.25, 0.3) is 5.91 Å². The predicted molar refractivity (Wildman–Crippen MR) is 121 cm³/mol. The minimum absolute atomic E-state index is 0.234. The first kappa shape index (κ1) is 21.4. The van der Waals surface area contributed by atoms with Crippen LogP contribution in [0.5, 0.6) is 11.5 Å². The van der Waals surface area contributed by atoms with Crippen molar-refractivity contribution in [2.45, 2.75) is 33.7 Å². The highest BCUT2D eigenvalue weighted by molar-refractivity contribution is 6.06. The first-order chi connectivity index (χ1) is 15.4. The van der Waals surface area contributed by atoms with Crippen molar-refractivity contribution in [1.82, 2.24) is 20.2 Å². The molecule has 1 aromatic heterocycles. The molecule has 32 heavy (non-hydrogen) atoms. The Hall–Kier alpha value is -3.88. The number of nitrogens with one attached hydrogen (secondary N) is 2. The summed E-state index contributed by atoms with van der Waals surface area (Å²) >= 11 is 0. The van der Waals surface area contributed by atoms with E-state index in [-0.39, 0.29) is 5.91 Å². The van der Waals surface area contributed by atoms with E-state index >= 15 is 0 Å². The van der Waals surface area contributed by atoms with Crippen molar-refractivity contribution in [3.8, 4) is 11.5 Å². The number of fused-ring (bicyclic) bond motifs is 1. The molecule has 4 rings (SSSR count). The quantitative estimate of drug-likeness (QED) is 0.611. The zero-order valence-corrected chi connectivity index (χ0v) is 18.8. The van der Waals surface area contributed by atoms with Crippen molar-refractivity contribution in [2.24, 2.45) is 0 Å². The van der Waals surface area contributed by atoms with E-state index in [0.29, 0.717) is 35.3 Å². The number of methoxy groups -OCH3 is 1. The second-order valence-corrected chi connectivity index (χ2v) is 7.56. The molecule has 3 aromatic rings. The van der Waals surface area contributed by atoms with Gasteiger partial charge in [0.05, 0.1) is 19.3 Å². The maximum absolute atomic E-state index is 13.5. The van der Waals surface area contributed by atoms with Gasteiger partial charge >= 0.3 is 0 Å². The lowest BCUT2D eigenvalue weighted by Gasteiger charge is -2.28. The highest BCUT2D eigenvalue weighted by Crippen LogP contribution is 2.38. The van der Waals surface area contributed by atoms with E-state index in [1.54, 1.807) is 11.8 Å². The van der Waals surface area contributed by atoms with Crippen LogP contribution in [0.4, 0.5) is 11.6 Å². The van der Waals surface area contributed by atoms with E-state index in [1.165, 1.54) is 0 Å². The minimum Gasteiger partial charge on any atom is -0.493 e. The molecule has 1 atom stereocenters. The molecule has 9 nitrogen and oxygen atoms in total. The monoisotopic (exact) mass is 434 g/mol. The number of hydrogen-bond acceptors (Lipinski definition) is 7. The van der Waals surface area contributed by atoms with Gasteiger partial charge in [-0.2, -0.15) is 4.68 Å². The van der Waals surface area contributed by atoms with Crippen molar-refractivity contribution >= 4 is 17.5 Å². The molecule has 1 aliphatic heterocycles. The topological polar surface area (TPSA) is 103 Å². The fourth-order valence-corrected chi connectivity index (χ4v) is 3.82. The lowest BCUT2D eigenvalue weighted by molar-refractivity contribution is -0.113. The number of carbonyl (C=O) groups excluding carboxylic acids is 1. The third kappa shape index (κ3) is 3.77. The number of rotatable bonds is 6. The summed E-state index contributed by atoms with van der Waals surface area (Å²) in [5.74, 6) is 1.43. The Morgan fingerprint density at radius 3 is 2.75 bits per heavy atom. The van der Waals surface area contributed by atoms with Crippen LogP contribution in [0.25, 0.3) is 0 Å². The van der Waals surface area contributed by atoms with E-state index < -0.39 is 6.04 Å². The van der Waals surface area contributed by atoms with Crippen LogP contribution in [0.2, 0.25) is 0 Å². The number of carbonyl (C=O) groups is 1. The molecule has 1 aliphatic rings. The molecule has 9 heteroatoms. The normalized spacial score (nSPS) is 15.1. The van der Waals surface area contributed by atoms with Crippen LogP contribution in [0.1, 0.15) is 36.6 Å². The summed E-state index contributed by atoms with van der Waals surface area (Å²) in [6, 6.07) is 10.9. The smallest absolute Gasteiger partial charge is 0.255 e. The second kappa shape index (κ2) is 8.70. The number of aryl methyl sites for hydroxylation is 1. The van der Waals surface area contributed by atoms with Crippen molar-refractivity contribution in [3.63, 3.8) is 0 Å². The zero-order chi connectivity index (χ0) is 22.8. The predicted octanol–water partition coefficient (Wildman–Crippen LogP) is 3.62.